The highest BCUT2D eigenvalue weighted by Gasteiger charge is 2.25. The fourth-order valence-corrected chi connectivity index (χ4v) is 2.46. The van der Waals surface area contributed by atoms with Gasteiger partial charge in [-0.2, -0.15) is 5.26 Å². The maximum Gasteiger partial charge on any atom is 0.0950 e. The van der Waals surface area contributed by atoms with Gasteiger partial charge >= 0.3 is 0 Å². The minimum atomic E-state index is 0.0934. The zero-order chi connectivity index (χ0) is 10.7. The Morgan fingerprint density at radius 1 is 1.27 bits per heavy atom. The van der Waals surface area contributed by atoms with Gasteiger partial charge in [0.2, 0.25) is 0 Å². The first kappa shape index (κ1) is 10.9. The summed E-state index contributed by atoms with van der Waals surface area (Å²) in [7, 11) is 0. The van der Waals surface area contributed by atoms with Crippen LogP contribution in [0.1, 0.15) is 26.2 Å². The Balaban J connectivity index is 1.69. The molecule has 2 aliphatic rings. The minimum absolute atomic E-state index is 0.0934. The highest BCUT2D eigenvalue weighted by molar-refractivity contribution is 4.90. The van der Waals surface area contributed by atoms with Crippen LogP contribution in [0.3, 0.4) is 0 Å². The summed E-state index contributed by atoms with van der Waals surface area (Å²) in [6.45, 7) is 7.75. The van der Waals surface area contributed by atoms with Gasteiger partial charge in [-0.1, -0.05) is 6.42 Å². The van der Waals surface area contributed by atoms with Crippen molar-refractivity contribution in [2.45, 2.75) is 32.2 Å². The van der Waals surface area contributed by atoms with E-state index in [-0.39, 0.29) is 6.04 Å². The lowest BCUT2D eigenvalue weighted by Gasteiger charge is -2.39. The number of piperazine rings is 1. The van der Waals surface area contributed by atoms with Gasteiger partial charge in [-0.05, 0) is 25.7 Å². The van der Waals surface area contributed by atoms with Crippen molar-refractivity contribution in [3.05, 3.63) is 0 Å². The van der Waals surface area contributed by atoms with Crippen molar-refractivity contribution in [1.29, 1.82) is 5.26 Å². The lowest BCUT2D eigenvalue weighted by atomic mass is 9.85. The minimum Gasteiger partial charge on any atom is -0.301 e. The second kappa shape index (κ2) is 4.96. The third-order valence-electron chi connectivity index (χ3n) is 3.88. The van der Waals surface area contributed by atoms with Crippen molar-refractivity contribution < 1.29 is 0 Å². The Kier molecular flexibility index (Phi) is 3.61. The zero-order valence-corrected chi connectivity index (χ0v) is 9.65. The third kappa shape index (κ3) is 2.70. The fourth-order valence-electron chi connectivity index (χ4n) is 2.46. The molecule has 15 heavy (non-hydrogen) atoms. The van der Waals surface area contributed by atoms with Gasteiger partial charge in [0.25, 0.3) is 0 Å². The predicted octanol–water partition coefficient (Wildman–Crippen LogP) is 1.32. The first-order valence-corrected chi connectivity index (χ1v) is 6.15. The smallest absolute Gasteiger partial charge is 0.0950 e. The summed E-state index contributed by atoms with van der Waals surface area (Å²) >= 11 is 0. The molecule has 3 heteroatoms. The maximum atomic E-state index is 8.84. The summed E-state index contributed by atoms with van der Waals surface area (Å²) in [4.78, 5) is 4.86. The molecule has 0 bridgehead atoms. The Morgan fingerprint density at radius 2 is 1.93 bits per heavy atom. The maximum absolute atomic E-state index is 8.84. The lowest BCUT2D eigenvalue weighted by Crippen LogP contribution is -2.50. The molecule has 1 saturated heterocycles. The van der Waals surface area contributed by atoms with Gasteiger partial charge in [-0.3, -0.25) is 4.90 Å². The molecule has 0 amide bonds. The van der Waals surface area contributed by atoms with Crippen molar-refractivity contribution in [2.24, 2.45) is 5.92 Å². The average molecular weight is 207 g/mol. The topological polar surface area (TPSA) is 30.3 Å². The van der Waals surface area contributed by atoms with Crippen molar-refractivity contribution in [1.82, 2.24) is 9.80 Å². The molecule has 0 aromatic heterocycles. The Morgan fingerprint density at radius 3 is 2.40 bits per heavy atom. The summed E-state index contributed by atoms with van der Waals surface area (Å²) in [6, 6.07) is 2.41. The molecule has 0 aromatic rings. The second-order valence-corrected chi connectivity index (χ2v) is 4.94. The first-order valence-electron chi connectivity index (χ1n) is 6.15. The van der Waals surface area contributed by atoms with E-state index in [2.05, 4.69) is 15.9 Å². The monoisotopic (exact) mass is 207 g/mol. The van der Waals surface area contributed by atoms with Crippen molar-refractivity contribution in [3.63, 3.8) is 0 Å². The largest absolute Gasteiger partial charge is 0.301 e. The number of nitrogens with zero attached hydrogens (tertiary/aromatic N) is 3. The molecule has 1 heterocycles. The normalized spacial score (nSPS) is 26.9. The van der Waals surface area contributed by atoms with Crippen LogP contribution in [-0.2, 0) is 0 Å². The van der Waals surface area contributed by atoms with E-state index >= 15 is 0 Å². The quantitative estimate of drug-likeness (QED) is 0.699. The van der Waals surface area contributed by atoms with Crippen molar-refractivity contribution in [3.8, 4) is 6.07 Å². The van der Waals surface area contributed by atoms with E-state index in [0.717, 1.165) is 32.1 Å². The molecule has 2 rings (SSSR count). The molecule has 3 nitrogen and oxygen atoms in total. The molecule has 1 unspecified atom stereocenters. The number of nitriles is 1. The van der Waals surface area contributed by atoms with Gasteiger partial charge in [-0.15, -0.1) is 0 Å². The predicted molar refractivity (Wildman–Crippen MR) is 60.4 cm³/mol. The number of hydrogen-bond donors (Lipinski definition) is 0. The van der Waals surface area contributed by atoms with Gasteiger partial charge in [0.1, 0.15) is 0 Å². The van der Waals surface area contributed by atoms with Crippen LogP contribution in [0.2, 0.25) is 0 Å². The second-order valence-electron chi connectivity index (χ2n) is 4.94. The summed E-state index contributed by atoms with van der Waals surface area (Å²) in [6.07, 6.45) is 4.32. The molecule has 1 aliphatic carbocycles. The van der Waals surface area contributed by atoms with Crippen molar-refractivity contribution in [2.75, 3.05) is 32.7 Å². The fraction of sp³-hybridized carbons (Fsp3) is 0.917. The molecule has 0 N–H and O–H groups in total. The van der Waals surface area contributed by atoms with Crippen LogP contribution in [0.4, 0.5) is 0 Å². The molecule has 0 aromatic carbocycles. The molecule has 0 spiro atoms. The summed E-state index contributed by atoms with van der Waals surface area (Å²) in [5.74, 6) is 0.977. The van der Waals surface area contributed by atoms with Crippen LogP contribution in [0.25, 0.3) is 0 Å². The Labute approximate surface area is 92.7 Å². The van der Waals surface area contributed by atoms with Crippen LogP contribution in [-0.4, -0.2) is 48.6 Å². The molecule has 2 fully saturated rings. The standard InChI is InChI=1S/C12H21N3/c1-11(9-13)15-7-5-14(6-8-15)10-12-3-2-4-12/h11-12H,2-8,10H2,1H3. The Bertz CT molecular complexity index is 234. The summed E-state index contributed by atoms with van der Waals surface area (Å²) in [5.41, 5.74) is 0. The summed E-state index contributed by atoms with van der Waals surface area (Å²) < 4.78 is 0. The van der Waals surface area contributed by atoms with Gasteiger partial charge in [-0.25, -0.2) is 0 Å². The number of hydrogen-bond acceptors (Lipinski definition) is 3. The Hall–Kier alpha value is -0.590. The van der Waals surface area contributed by atoms with E-state index in [1.165, 1.54) is 25.8 Å². The SMILES string of the molecule is CC(C#N)N1CCN(CC2CCC2)CC1. The molecule has 1 aliphatic heterocycles. The van der Waals surface area contributed by atoms with Gasteiger partial charge in [0.05, 0.1) is 12.1 Å². The van der Waals surface area contributed by atoms with E-state index in [1.54, 1.807) is 0 Å². The molecule has 1 saturated carbocycles. The van der Waals surface area contributed by atoms with Crippen LogP contribution < -0.4 is 0 Å². The van der Waals surface area contributed by atoms with Gasteiger partial charge < -0.3 is 4.90 Å². The first-order chi connectivity index (χ1) is 7.29. The average Bonchev–Trinajstić information content (AvgIpc) is 2.23. The molecule has 1 atom stereocenters. The molecule has 0 radical (unpaired) electrons. The van der Waals surface area contributed by atoms with Gasteiger partial charge in [0.15, 0.2) is 0 Å². The van der Waals surface area contributed by atoms with E-state index in [4.69, 9.17) is 5.26 Å². The third-order valence-corrected chi connectivity index (χ3v) is 3.88. The molecule has 84 valence electrons. The summed E-state index contributed by atoms with van der Waals surface area (Å²) in [5, 5.41) is 8.84. The van der Waals surface area contributed by atoms with E-state index < -0.39 is 0 Å². The highest BCUT2D eigenvalue weighted by Crippen LogP contribution is 2.27. The van der Waals surface area contributed by atoms with Crippen LogP contribution >= 0.6 is 0 Å². The van der Waals surface area contributed by atoms with Gasteiger partial charge in [0, 0.05) is 32.7 Å². The van der Waals surface area contributed by atoms with Crippen LogP contribution in [0, 0.1) is 17.2 Å². The van der Waals surface area contributed by atoms with E-state index in [0.29, 0.717) is 0 Å². The zero-order valence-electron chi connectivity index (χ0n) is 9.65. The van der Waals surface area contributed by atoms with Crippen LogP contribution in [0.15, 0.2) is 0 Å². The number of rotatable bonds is 3. The van der Waals surface area contributed by atoms with E-state index in [1.807, 2.05) is 6.92 Å². The van der Waals surface area contributed by atoms with E-state index in [9.17, 15) is 0 Å². The molecular formula is C12H21N3. The lowest BCUT2D eigenvalue weighted by molar-refractivity contribution is 0.0915. The van der Waals surface area contributed by atoms with Crippen LogP contribution in [0.5, 0.6) is 0 Å². The highest BCUT2D eigenvalue weighted by atomic mass is 15.3. The van der Waals surface area contributed by atoms with Crippen molar-refractivity contribution >= 4 is 0 Å². The molecular weight excluding hydrogens is 186 g/mol.